The molecule has 150 valence electrons. The molecule has 0 fully saturated rings. The fourth-order valence-corrected chi connectivity index (χ4v) is 3.11. The van der Waals surface area contributed by atoms with Crippen LogP contribution in [-0.2, 0) is 25.6 Å². The van der Waals surface area contributed by atoms with Crippen LogP contribution in [0.4, 0.5) is 19.0 Å². The zero-order valence-electron chi connectivity index (χ0n) is 15.9. The van der Waals surface area contributed by atoms with Crippen molar-refractivity contribution < 1.29 is 13.2 Å². The van der Waals surface area contributed by atoms with Crippen LogP contribution >= 0.6 is 0 Å². The highest BCUT2D eigenvalue weighted by Crippen LogP contribution is 2.29. The highest BCUT2D eigenvalue weighted by Gasteiger charge is 2.38. The van der Waals surface area contributed by atoms with Crippen molar-refractivity contribution in [2.45, 2.75) is 53.3 Å². The van der Waals surface area contributed by atoms with E-state index in [-0.39, 0.29) is 23.6 Å². The molecule has 0 bridgehead atoms. The second-order valence-corrected chi connectivity index (χ2v) is 6.37. The van der Waals surface area contributed by atoms with Crippen LogP contribution in [0.2, 0.25) is 0 Å². The Morgan fingerprint density at radius 3 is 2.39 bits per heavy atom. The number of nitrogens with zero attached hydrogens (tertiary/aromatic N) is 5. The smallest absolute Gasteiger partial charge is 0.364 e. The van der Waals surface area contributed by atoms with Crippen LogP contribution in [0, 0.1) is 13.8 Å². The van der Waals surface area contributed by atoms with E-state index < -0.39 is 12.0 Å². The summed E-state index contributed by atoms with van der Waals surface area (Å²) in [5, 5.41) is 20.4. The zero-order chi connectivity index (χ0) is 20.6. The number of nitrogens with one attached hydrogen (secondary N) is 2. The molecule has 0 saturated carbocycles. The molecular formula is C17H20F3N7O. The van der Waals surface area contributed by atoms with Crippen LogP contribution in [0.1, 0.15) is 47.6 Å². The van der Waals surface area contributed by atoms with E-state index in [1.54, 1.807) is 13.8 Å². The molecule has 0 aliphatic heterocycles. The van der Waals surface area contributed by atoms with Gasteiger partial charge in [0.2, 0.25) is 0 Å². The highest BCUT2D eigenvalue weighted by molar-refractivity contribution is 5.58. The maximum atomic E-state index is 13.2. The number of aromatic amines is 1. The van der Waals surface area contributed by atoms with Gasteiger partial charge in [0.1, 0.15) is 0 Å². The lowest BCUT2D eigenvalue weighted by atomic mass is 10.0. The standard InChI is InChI=1S/C17H20F3N7O/c1-5-10-11(15(28)24-22-12(10)6-2)7-21-13-8(3)9(4)14-23-25-16(17(18,19)20)27(14)26-13/h5-7H2,1-4H3,(H,21,26)(H,24,28). The summed E-state index contributed by atoms with van der Waals surface area (Å²) in [5.74, 6) is -0.968. The molecule has 3 aromatic rings. The number of rotatable bonds is 5. The Bertz CT molecular complexity index is 1090. The van der Waals surface area contributed by atoms with Crippen LogP contribution in [-0.4, -0.2) is 30.0 Å². The fourth-order valence-electron chi connectivity index (χ4n) is 3.11. The first-order valence-electron chi connectivity index (χ1n) is 8.81. The van der Waals surface area contributed by atoms with Crippen molar-refractivity contribution in [1.29, 1.82) is 0 Å². The highest BCUT2D eigenvalue weighted by atomic mass is 19.4. The monoisotopic (exact) mass is 395 g/mol. The summed E-state index contributed by atoms with van der Waals surface area (Å²) < 4.78 is 40.2. The fraction of sp³-hybridized carbons (Fsp3) is 0.471. The SMILES string of the molecule is CCc1n[nH]c(=O)c(CNc2nn3c(C(F)(F)F)nnc3c(C)c2C)c1CC. The number of hydrogen-bond donors (Lipinski definition) is 2. The molecule has 0 aliphatic rings. The Kier molecular flexibility index (Phi) is 5.09. The molecule has 8 nitrogen and oxygen atoms in total. The number of halogens is 3. The number of H-pyrrole nitrogens is 1. The largest absolute Gasteiger partial charge is 0.453 e. The van der Waals surface area contributed by atoms with Crippen molar-refractivity contribution in [3.63, 3.8) is 0 Å². The second-order valence-electron chi connectivity index (χ2n) is 6.37. The lowest BCUT2D eigenvalue weighted by molar-refractivity contribution is -0.146. The Morgan fingerprint density at radius 2 is 1.79 bits per heavy atom. The van der Waals surface area contributed by atoms with Crippen LogP contribution in [0.15, 0.2) is 4.79 Å². The molecule has 3 aromatic heterocycles. The quantitative estimate of drug-likeness (QED) is 0.689. The number of fused-ring (bicyclic) bond motifs is 1. The average Bonchev–Trinajstić information content (AvgIpc) is 3.08. The molecule has 2 N–H and O–H groups in total. The van der Waals surface area contributed by atoms with Crippen LogP contribution < -0.4 is 10.9 Å². The van der Waals surface area contributed by atoms with Crippen molar-refractivity contribution in [2.24, 2.45) is 0 Å². The van der Waals surface area contributed by atoms with Gasteiger partial charge in [-0.2, -0.15) is 22.8 Å². The second kappa shape index (κ2) is 7.21. The zero-order valence-corrected chi connectivity index (χ0v) is 15.9. The van der Waals surface area contributed by atoms with E-state index in [4.69, 9.17) is 0 Å². The molecule has 0 radical (unpaired) electrons. The third kappa shape index (κ3) is 3.32. The maximum Gasteiger partial charge on any atom is 0.453 e. The van der Waals surface area contributed by atoms with E-state index in [2.05, 4.69) is 30.8 Å². The lowest BCUT2D eigenvalue weighted by Gasteiger charge is -2.14. The first kappa shape index (κ1) is 19.8. The first-order chi connectivity index (χ1) is 13.2. The Morgan fingerprint density at radius 1 is 1.07 bits per heavy atom. The van der Waals surface area contributed by atoms with E-state index in [1.165, 1.54) is 0 Å². The molecule has 0 atom stereocenters. The number of aromatic nitrogens is 6. The summed E-state index contributed by atoms with van der Waals surface area (Å²) in [5.41, 5.74) is 2.97. The van der Waals surface area contributed by atoms with Gasteiger partial charge < -0.3 is 5.32 Å². The number of hydrogen-bond acceptors (Lipinski definition) is 6. The van der Waals surface area contributed by atoms with Gasteiger partial charge in [0.15, 0.2) is 11.5 Å². The topological polar surface area (TPSA) is 101 Å². The molecule has 0 spiro atoms. The molecule has 0 amide bonds. The number of alkyl halides is 3. The molecule has 0 aromatic carbocycles. The van der Waals surface area contributed by atoms with Gasteiger partial charge in [-0.25, -0.2) is 5.10 Å². The first-order valence-corrected chi connectivity index (χ1v) is 8.81. The van der Waals surface area contributed by atoms with Gasteiger partial charge in [0.25, 0.3) is 11.4 Å². The van der Waals surface area contributed by atoms with E-state index in [9.17, 15) is 18.0 Å². The molecule has 0 saturated heterocycles. The number of anilines is 1. The molecule has 11 heteroatoms. The van der Waals surface area contributed by atoms with Crippen molar-refractivity contribution >= 4 is 11.5 Å². The summed E-state index contributed by atoms with van der Waals surface area (Å²) in [6, 6.07) is 0. The Balaban J connectivity index is 2.05. The molecular weight excluding hydrogens is 375 g/mol. The summed E-state index contributed by atoms with van der Waals surface area (Å²) in [7, 11) is 0. The Labute approximate surface area is 158 Å². The van der Waals surface area contributed by atoms with Gasteiger partial charge in [-0.05, 0) is 37.8 Å². The van der Waals surface area contributed by atoms with E-state index in [1.807, 2.05) is 13.8 Å². The minimum absolute atomic E-state index is 0.0413. The van der Waals surface area contributed by atoms with E-state index >= 15 is 0 Å². The summed E-state index contributed by atoms with van der Waals surface area (Å²) in [6.07, 6.45) is -3.41. The summed E-state index contributed by atoms with van der Waals surface area (Å²) in [6.45, 7) is 7.34. The van der Waals surface area contributed by atoms with E-state index in [0.29, 0.717) is 34.0 Å². The predicted octanol–water partition coefficient (Wildman–Crippen LogP) is 2.58. The van der Waals surface area contributed by atoms with Gasteiger partial charge in [0.05, 0.1) is 5.69 Å². The third-order valence-corrected chi connectivity index (χ3v) is 4.75. The third-order valence-electron chi connectivity index (χ3n) is 4.75. The van der Waals surface area contributed by atoms with Gasteiger partial charge >= 0.3 is 6.18 Å². The van der Waals surface area contributed by atoms with Gasteiger partial charge in [-0.3, -0.25) is 4.79 Å². The van der Waals surface area contributed by atoms with Crippen molar-refractivity contribution in [3.8, 4) is 0 Å². The van der Waals surface area contributed by atoms with Crippen LogP contribution in [0.5, 0.6) is 0 Å². The molecule has 0 aliphatic carbocycles. The average molecular weight is 395 g/mol. The van der Waals surface area contributed by atoms with E-state index in [0.717, 1.165) is 11.3 Å². The normalized spacial score (nSPS) is 12.0. The van der Waals surface area contributed by atoms with Gasteiger partial charge in [-0.1, -0.05) is 13.8 Å². The van der Waals surface area contributed by atoms with Crippen LogP contribution in [0.25, 0.3) is 5.65 Å². The van der Waals surface area contributed by atoms with Gasteiger partial charge in [-0.15, -0.1) is 15.3 Å². The Hall–Kier alpha value is -2.98. The molecule has 3 heterocycles. The predicted molar refractivity (Wildman–Crippen MR) is 96.2 cm³/mol. The molecule has 3 rings (SSSR count). The lowest BCUT2D eigenvalue weighted by Crippen LogP contribution is -2.23. The van der Waals surface area contributed by atoms with Crippen molar-refractivity contribution in [2.75, 3.05) is 5.32 Å². The summed E-state index contributed by atoms with van der Waals surface area (Å²) in [4.78, 5) is 12.2. The van der Waals surface area contributed by atoms with Crippen LogP contribution in [0.3, 0.4) is 0 Å². The van der Waals surface area contributed by atoms with Crippen molar-refractivity contribution in [3.05, 3.63) is 44.1 Å². The maximum absolute atomic E-state index is 13.2. The molecule has 28 heavy (non-hydrogen) atoms. The summed E-state index contributed by atoms with van der Waals surface area (Å²) >= 11 is 0. The van der Waals surface area contributed by atoms with Gasteiger partial charge in [0, 0.05) is 17.7 Å². The number of aryl methyl sites for hydroxylation is 2. The van der Waals surface area contributed by atoms with Crippen molar-refractivity contribution in [1.82, 2.24) is 30.0 Å². The minimum Gasteiger partial charge on any atom is -0.364 e. The minimum atomic E-state index is -4.68. The molecule has 0 unspecified atom stereocenters.